The van der Waals surface area contributed by atoms with E-state index in [1.165, 1.54) is 0 Å². The number of aromatic nitrogens is 2. The van der Waals surface area contributed by atoms with Gasteiger partial charge in [0, 0.05) is 19.3 Å². The molecule has 1 fully saturated rings. The van der Waals surface area contributed by atoms with Gasteiger partial charge in [-0.25, -0.2) is 0 Å². The topological polar surface area (TPSA) is 59.0 Å². The van der Waals surface area contributed by atoms with Crippen LogP contribution in [0.2, 0.25) is 0 Å². The molecule has 1 aliphatic rings. The lowest BCUT2D eigenvalue weighted by Gasteiger charge is -2.14. The maximum absolute atomic E-state index is 11.8. The first-order valence-electron chi connectivity index (χ1n) is 6.19. The van der Waals surface area contributed by atoms with Crippen LogP contribution in [0.4, 0.5) is 5.69 Å². The highest BCUT2D eigenvalue weighted by molar-refractivity contribution is 5.84. The van der Waals surface area contributed by atoms with Crippen molar-refractivity contribution in [1.29, 1.82) is 0 Å². The Morgan fingerprint density at radius 1 is 1.65 bits per heavy atom. The van der Waals surface area contributed by atoms with Crippen molar-refractivity contribution in [2.75, 3.05) is 5.32 Å². The summed E-state index contributed by atoms with van der Waals surface area (Å²) in [5.41, 5.74) is 1.95. The molecule has 5 heteroatoms. The second-order valence-electron chi connectivity index (χ2n) is 4.67. The predicted octanol–water partition coefficient (Wildman–Crippen LogP) is 1.06. The Bertz CT molecular complexity index is 409. The molecular formula is C12H20N4O. The summed E-state index contributed by atoms with van der Waals surface area (Å²) in [5, 5.41) is 10.5. The highest BCUT2D eigenvalue weighted by Gasteiger charge is 2.25. The van der Waals surface area contributed by atoms with E-state index >= 15 is 0 Å². The monoisotopic (exact) mass is 236 g/mol. The summed E-state index contributed by atoms with van der Waals surface area (Å²) < 4.78 is 1.77. The van der Waals surface area contributed by atoms with Gasteiger partial charge in [-0.3, -0.25) is 9.48 Å². The fourth-order valence-electron chi connectivity index (χ4n) is 1.77. The highest BCUT2D eigenvalue weighted by Crippen LogP contribution is 2.19. The van der Waals surface area contributed by atoms with E-state index in [9.17, 15) is 4.79 Å². The molecule has 0 saturated heterocycles. The van der Waals surface area contributed by atoms with Crippen LogP contribution in [-0.2, 0) is 18.3 Å². The number of carbonyl (C=O) groups excluding carboxylic acids is 1. The Morgan fingerprint density at radius 3 is 2.94 bits per heavy atom. The number of amides is 1. The van der Waals surface area contributed by atoms with Gasteiger partial charge in [0.25, 0.3) is 0 Å². The van der Waals surface area contributed by atoms with E-state index in [1.807, 2.05) is 20.2 Å². The van der Waals surface area contributed by atoms with E-state index in [0.717, 1.165) is 30.6 Å². The maximum atomic E-state index is 11.8. The summed E-state index contributed by atoms with van der Waals surface area (Å²) in [5.74, 6) is 0.0680. The molecule has 1 aromatic rings. The fraction of sp³-hybridized carbons (Fsp3) is 0.667. The molecule has 1 heterocycles. The van der Waals surface area contributed by atoms with Gasteiger partial charge in [-0.2, -0.15) is 5.10 Å². The molecule has 5 nitrogen and oxygen atoms in total. The van der Waals surface area contributed by atoms with Crippen LogP contribution in [0.3, 0.4) is 0 Å². The zero-order valence-corrected chi connectivity index (χ0v) is 10.7. The zero-order chi connectivity index (χ0) is 12.4. The first-order chi connectivity index (χ1) is 8.10. The molecule has 1 unspecified atom stereocenters. The number of nitrogens with zero attached hydrogens (tertiary/aromatic N) is 2. The van der Waals surface area contributed by atoms with E-state index in [2.05, 4.69) is 22.7 Å². The number of nitrogens with one attached hydrogen (secondary N) is 2. The molecule has 2 N–H and O–H groups in total. The Hall–Kier alpha value is -1.52. The normalized spacial score (nSPS) is 16.6. The SMILES string of the molecule is CCc1nn(C)cc1NC(C)C(=O)NC1CC1. The lowest BCUT2D eigenvalue weighted by Crippen LogP contribution is -2.38. The largest absolute Gasteiger partial charge is 0.371 e. The van der Waals surface area contributed by atoms with Crippen LogP contribution >= 0.6 is 0 Å². The summed E-state index contributed by atoms with van der Waals surface area (Å²) >= 11 is 0. The van der Waals surface area contributed by atoms with Crippen molar-refractivity contribution in [3.05, 3.63) is 11.9 Å². The molecule has 1 amide bonds. The van der Waals surface area contributed by atoms with Gasteiger partial charge in [-0.1, -0.05) is 6.92 Å². The van der Waals surface area contributed by atoms with Crippen molar-refractivity contribution in [3.8, 4) is 0 Å². The molecule has 0 spiro atoms. The van der Waals surface area contributed by atoms with E-state index in [4.69, 9.17) is 0 Å². The summed E-state index contributed by atoms with van der Waals surface area (Å²) in [7, 11) is 1.89. The van der Waals surface area contributed by atoms with E-state index in [-0.39, 0.29) is 11.9 Å². The fourth-order valence-corrected chi connectivity index (χ4v) is 1.77. The standard InChI is InChI=1S/C12H20N4O/c1-4-10-11(7-16(3)15-10)13-8(2)12(17)14-9-5-6-9/h7-9,13H,4-6H2,1-3H3,(H,14,17). The van der Waals surface area contributed by atoms with Crippen molar-refractivity contribution < 1.29 is 4.79 Å². The summed E-state index contributed by atoms with van der Waals surface area (Å²) in [6.45, 7) is 3.94. The molecular weight excluding hydrogens is 216 g/mol. The quantitative estimate of drug-likeness (QED) is 0.803. The van der Waals surface area contributed by atoms with Crippen molar-refractivity contribution in [2.45, 2.75) is 45.2 Å². The average Bonchev–Trinajstić information content (AvgIpc) is 3.02. The molecule has 0 bridgehead atoms. The Kier molecular flexibility index (Phi) is 3.36. The lowest BCUT2D eigenvalue weighted by atomic mass is 10.2. The number of hydrogen-bond donors (Lipinski definition) is 2. The third-order valence-electron chi connectivity index (χ3n) is 2.93. The maximum Gasteiger partial charge on any atom is 0.242 e. The smallest absolute Gasteiger partial charge is 0.242 e. The summed E-state index contributed by atoms with van der Waals surface area (Å²) in [6.07, 6.45) is 5.01. The Morgan fingerprint density at radius 2 is 2.35 bits per heavy atom. The van der Waals surface area contributed by atoms with Gasteiger partial charge in [-0.05, 0) is 26.2 Å². The van der Waals surface area contributed by atoms with E-state index < -0.39 is 0 Å². The highest BCUT2D eigenvalue weighted by atomic mass is 16.2. The van der Waals surface area contributed by atoms with Crippen LogP contribution in [0.1, 0.15) is 32.4 Å². The molecule has 1 aliphatic carbocycles. The van der Waals surface area contributed by atoms with E-state index in [1.54, 1.807) is 4.68 Å². The number of aryl methyl sites for hydroxylation is 2. The molecule has 1 saturated carbocycles. The first kappa shape index (κ1) is 12.0. The number of rotatable bonds is 5. The third kappa shape index (κ3) is 2.99. The predicted molar refractivity (Wildman–Crippen MR) is 66.8 cm³/mol. The van der Waals surface area contributed by atoms with Crippen LogP contribution in [0.15, 0.2) is 6.20 Å². The minimum absolute atomic E-state index is 0.0680. The summed E-state index contributed by atoms with van der Waals surface area (Å²) in [6, 6.07) is 0.191. The molecule has 1 atom stereocenters. The van der Waals surface area contributed by atoms with Crippen molar-refractivity contribution in [2.24, 2.45) is 7.05 Å². The van der Waals surface area contributed by atoms with Gasteiger partial charge < -0.3 is 10.6 Å². The molecule has 0 aromatic carbocycles. The van der Waals surface area contributed by atoms with Crippen LogP contribution in [0, 0.1) is 0 Å². The minimum atomic E-state index is -0.218. The van der Waals surface area contributed by atoms with Gasteiger partial charge >= 0.3 is 0 Å². The molecule has 0 radical (unpaired) electrons. The molecule has 94 valence electrons. The van der Waals surface area contributed by atoms with Gasteiger partial charge in [0.05, 0.1) is 11.4 Å². The van der Waals surface area contributed by atoms with Crippen LogP contribution in [0.5, 0.6) is 0 Å². The lowest BCUT2D eigenvalue weighted by molar-refractivity contribution is -0.121. The second-order valence-corrected chi connectivity index (χ2v) is 4.67. The van der Waals surface area contributed by atoms with Crippen LogP contribution in [-0.4, -0.2) is 27.8 Å². The number of carbonyl (C=O) groups is 1. The van der Waals surface area contributed by atoms with Crippen molar-refractivity contribution >= 4 is 11.6 Å². The third-order valence-corrected chi connectivity index (χ3v) is 2.93. The molecule has 17 heavy (non-hydrogen) atoms. The molecule has 2 rings (SSSR count). The van der Waals surface area contributed by atoms with Crippen LogP contribution < -0.4 is 10.6 Å². The van der Waals surface area contributed by atoms with Gasteiger partial charge in [-0.15, -0.1) is 0 Å². The van der Waals surface area contributed by atoms with E-state index in [0.29, 0.717) is 6.04 Å². The first-order valence-corrected chi connectivity index (χ1v) is 6.19. The van der Waals surface area contributed by atoms with Gasteiger partial charge in [0.15, 0.2) is 0 Å². The average molecular weight is 236 g/mol. The Balaban J connectivity index is 1.95. The van der Waals surface area contributed by atoms with Crippen molar-refractivity contribution in [3.63, 3.8) is 0 Å². The minimum Gasteiger partial charge on any atom is -0.371 e. The summed E-state index contributed by atoms with van der Waals surface area (Å²) in [4.78, 5) is 11.8. The Labute approximate surface area is 102 Å². The van der Waals surface area contributed by atoms with Gasteiger partial charge in [0.2, 0.25) is 5.91 Å². The second kappa shape index (κ2) is 4.77. The number of anilines is 1. The van der Waals surface area contributed by atoms with Crippen LogP contribution in [0.25, 0.3) is 0 Å². The zero-order valence-electron chi connectivity index (χ0n) is 10.7. The molecule has 0 aliphatic heterocycles. The molecule has 1 aromatic heterocycles. The number of hydrogen-bond acceptors (Lipinski definition) is 3. The van der Waals surface area contributed by atoms with Crippen molar-refractivity contribution in [1.82, 2.24) is 15.1 Å². The van der Waals surface area contributed by atoms with Gasteiger partial charge in [0.1, 0.15) is 6.04 Å².